The maximum absolute atomic E-state index is 11.6. The van der Waals surface area contributed by atoms with Crippen LogP contribution >= 0.6 is 11.8 Å². The molecule has 1 aliphatic carbocycles. The van der Waals surface area contributed by atoms with E-state index in [1.54, 1.807) is 0 Å². The van der Waals surface area contributed by atoms with Crippen LogP contribution in [0.15, 0.2) is 4.99 Å². The number of amides is 1. The molecule has 0 aromatic rings. The van der Waals surface area contributed by atoms with Crippen LogP contribution in [-0.2, 0) is 4.79 Å². The van der Waals surface area contributed by atoms with Gasteiger partial charge in [0.2, 0.25) is 5.91 Å². The van der Waals surface area contributed by atoms with Crippen LogP contribution in [0, 0.1) is 11.8 Å². The number of amidine groups is 1. The van der Waals surface area contributed by atoms with E-state index in [-0.39, 0.29) is 5.91 Å². The van der Waals surface area contributed by atoms with Crippen molar-refractivity contribution < 1.29 is 4.79 Å². The molecule has 2 atom stereocenters. The third kappa shape index (κ3) is 4.71. The highest BCUT2D eigenvalue weighted by molar-refractivity contribution is 8.13. The number of carbonyl (C=O) groups excluding carboxylic acids is 1. The second-order valence-electron chi connectivity index (χ2n) is 5.89. The standard InChI is InChI=1S/C14H25N3OS/c1-10(2)8-16-13(18)6-7-15-14-17-12-5-3-4-11(12)9-19-14/h10-12H,3-9H2,1-2H3,(H,15,17)(H,16,18). The van der Waals surface area contributed by atoms with E-state index >= 15 is 0 Å². The minimum atomic E-state index is 0.109. The van der Waals surface area contributed by atoms with E-state index in [2.05, 4.69) is 29.5 Å². The molecular weight excluding hydrogens is 258 g/mol. The van der Waals surface area contributed by atoms with Crippen molar-refractivity contribution in [1.82, 2.24) is 10.6 Å². The molecule has 2 fully saturated rings. The predicted octanol–water partition coefficient (Wildman–Crippen LogP) is 2.01. The highest BCUT2D eigenvalue weighted by Gasteiger charge is 2.31. The molecule has 0 bridgehead atoms. The summed E-state index contributed by atoms with van der Waals surface area (Å²) in [7, 11) is 0. The van der Waals surface area contributed by atoms with Gasteiger partial charge in [0.05, 0.1) is 6.54 Å². The number of nitrogens with one attached hydrogen (secondary N) is 2. The Morgan fingerprint density at radius 2 is 2.37 bits per heavy atom. The molecule has 1 aliphatic heterocycles. The first-order chi connectivity index (χ1) is 9.15. The van der Waals surface area contributed by atoms with Crippen LogP contribution < -0.4 is 10.6 Å². The molecule has 2 rings (SSSR count). The van der Waals surface area contributed by atoms with Gasteiger partial charge in [0, 0.05) is 24.8 Å². The SMILES string of the molecule is CC(C)CNC(=O)CCN=C1NC2CCCC2CS1. The summed E-state index contributed by atoms with van der Waals surface area (Å²) in [6.07, 6.45) is 4.47. The van der Waals surface area contributed by atoms with E-state index in [0.29, 0.717) is 24.9 Å². The fourth-order valence-electron chi connectivity index (χ4n) is 2.57. The number of nitrogens with zero attached hydrogens (tertiary/aromatic N) is 1. The number of aliphatic imine (C=N–C) groups is 1. The average Bonchev–Trinajstić information content (AvgIpc) is 2.83. The molecule has 5 heteroatoms. The molecular formula is C14H25N3OS. The van der Waals surface area contributed by atoms with E-state index in [0.717, 1.165) is 17.6 Å². The summed E-state index contributed by atoms with van der Waals surface area (Å²) in [6, 6.07) is 0.634. The first-order valence-electron chi connectivity index (χ1n) is 7.35. The lowest BCUT2D eigenvalue weighted by Gasteiger charge is -2.28. The Bertz CT molecular complexity index is 344. The summed E-state index contributed by atoms with van der Waals surface area (Å²) in [5, 5.41) is 7.48. The second-order valence-corrected chi connectivity index (χ2v) is 6.90. The molecule has 1 saturated heterocycles. The maximum atomic E-state index is 11.6. The largest absolute Gasteiger partial charge is 0.362 e. The van der Waals surface area contributed by atoms with Crippen LogP contribution in [0.2, 0.25) is 0 Å². The van der Waals surface area contributed by atoms with Crippen LogP contribution in [0.1, 0.15) is 39.5 Å². The van der Waals surface area contributed by atoms with E-state index in [9.17, 15) is 4.79 Å². The predicted molar refractivity (Wildman–Crippen MR) is 81.5 cm³/mol. The zero-order valence-electron chi connectivity index (χ0n) is 11.9. The average molecular weight is 283 g/mol. The van der Waals surface area contributed by atoms with Crippen molar-refractivity contribution >= 4 is 22.8 Å². The summed E-state index contributed by atoms with van der Waals surface area (Å²) < 4.78 is 0. The molecule has 0 aromatic carbocycles. The van der Waals surface area contributed by atoms with E-state index in [1.165, 1.54) is 25.0 Å². The highest BCUT2D eigenvalue weighted by atomic mass is 32.2. The van der Waals surface area contributed by atoms with Crippen LogP contribution in [0.5, 0.6) is 0 Å². The van der Waals surface area contributed by atoms with Gasteiger partial charge in [0.25, 0.3) is 0 Å². The van der Waals surface area contributed by atoms with Crippen molar-refractivity contribution in [3.05, 3.63) is 0 Å². The van der Waals surface area contributed by atoms with Crippen molar-refractivity contribution in [1.29, 1.82) is 0 Å². The molecule has 1 saturated carbocycles. The van der Waals surface area contributed by atoms with Gasteiger partial charge in [-0.25, -0.2) is 0 Å². The van der Waals surface area contributed by atoms with E-state index < -0.39 is 0 Å². The zero-order chi connectivity index (χ0) is 13.7. The van der Waals surface area contributed by atoms with E-state index in [4.69, 9.17) is 0 Å². The minimum absolute atomic E-state index is 0.109. The molecule has 108 valence electrons. The van der Waals surface area contributed by atoms with Crippen LogP contribution in [-0.4, -0.2) is 36.0 Å². The van der Waals surface area contributed by atoms with Gasteiger partial charge in [-0.1, -0.05) is 32.0 Å². The number of carbonyl (C=O) groups is 1. The first-order valence-corrected chi connectivity index (χ1v) is 8.34. The molecule has 1 heterocycles. The molecule has 19 heavy (non-hydrogen) atoms. The Kier molecular flexibility index (Phi) is 5.55. The fraction of sp³-hybridized carbons (Fsp3) is 0.857. The van der Waals surface area contributed by atoms with Crippen molar-refractivity contribution in [3.63, 3.8) is 0 Å². The van der Waals surface area contributed by atoms with Crippen molar-refractivity contribution in [2.45, 2.75) is 45.6 Å². The Hall–Kier alpha value is -0.710. The van der Waals surface area contributed by atoms with Gasteiger partial charge in [-0.15, -0.1) is 0 Å². The summed E-state index contributed by atoms with van der Waals surface area (Å²) >= 11 is 1.82. The normalized spacial score (nSPS) is 28.3. The van der Waals surface area contributed by atoms with Crippen molar-refractivity contribution in [2.75, 3.05) is 18.8 Å². The molecule has 4 nitrogen and oxygen atoms in total. The molecule has 2 unspecified atom stereocenters. The molecule has 1 amide bonds. The minimum Gasteiger partial charge on any atom is -0.362 e. The van der Waals surface area contributed by atoms with Crippen LogP contribution in [0.3, 0.4) is 0 Å². The topological polar surface area (TPSA) is 53.5 Å². The monoisotopic (exact) mass is 283 g/mol. The summed E-state index contributed by atoms with van der Waals surface area (Å²) in [5.74, 6) is 2.64. The second kappa shape index (κ2) is 7.17. The third-order valence-electron chi connectivity index (χ3n) is 3.70. The molecule has 2 aliphatic rings. The number of hydrogen-bond acceptors (Lipinski definition) is 3. The molecule has 2 N–H and O–H groups in total. The number of hydrogen-bond donors (Lipinski definition) is 2. The molecule has 0 spiro atoms. The Labute approximate surface area is 120 Å². The third-order valence-corrected chi connectivity index (χ3v) is 4.82. The van der Waals surface area contributed by atoms with Gasteiger partial charge in [0.1, 0.15) is 0 Å². The number of thioether (sulfide) groups is 1. The lowest BCUT2D eigenvalue weighted by atomic mass is 10.1. The first kappa shape index (κ1) is 14.7. The van der Waals surface area contributed by atoms with Gasteiger partial charge in [-0.05, 0) is 24.7 Å². The van der Waals surface area contributed by atoms with Crippen LogP contribution in [0.25, 0.3) is 0 Å². The quantitative estimate of drug-likeness (QED) is 0.811. The summed E-state index contributed by atoms with van der Waals surface area (Å²) in [6.45, 7) is 5.55. The Morgan fingerprint density at radius 3 is 3.16 bits per heavy atom. The molecule has 0 aromatic heterocycles. The van der Waals surface area contributed by atoms with Gasteiger partial charge in [-0.3, -0.25) is 9.79 Å². The number of rotatable bonds is 5. The van der Waals surface area contributed by atoms with Crippen LogP contribution in [0.4, 0.5) is 0 Å². The zero-order valence-corrected chi connectivity index (χ0v) is 12.8. The lowest BCUT2D eigenvalue weighted by Crippen LogP contribution is -2.41. The summed E-state index contributed by atoms with van der Waals surface area (Å²) in [4.78, 5) is 16.1. The lowest BCUT2D eigenvalue weighted by molar-refractivity contribution is -0.121. The molecule has 0 radical (unpaired) electrons. The van der Waals surface area contributed by atoms with Gasteiger partial charge < -0.3 is 10.6 Å². The van der Waals surface area contributed by atoms with Gasteiger partial charge in [-0.2, -0.15) is 0 Å². The highest BCUT2D eigenvalue weighted by Crippen LogP contribution is 2.32. The van der Waals surface area contributed by atoms with E-state index in [1.807, 2.05) is 11.8 Å². The van der Waals surface area contributed by atoms with Gasteiger partial charge >= 0.3 is 0 Å². The van der Waals surface area contributed by atoms with Gasteiger partial charge in [0.15, 0.2) is 5.17 Å². The maximum Gasteiger partial charge on any atom is 0.221 e. The summed E-state index contributed by atoms with van der Waals surface area (Å²) in [5.41, 5.74) is 0. The van der Waals surface area contributed by atoms with Crippen molar-refractivity contribution in [3.8, 4) is 0 Å². The number of fused-ring (bicyclic) bond motifs is 1. The van der Waals surface area contributed by atoms with Crippen molar-refractivity contribution in [2.24, 2.45) is 16.8 Å². The smallest absolute Gasteiger partial charge is 0.221 e. The fourth-order valence-corrected chi connectivity index (χ4v) is 3.76. The Balaban J connectivity index is 1.66. The Morgan fingerprint density at radius 1 is 1.53 bits per heavy atom.